The lowest BCUT2D eigenvalue weighted by Gasteiger charge is -2.33. The van der Waals surface area contributed by atoms with Crippen molar-refractivity contribution in [3.05, 3.63) is 70.8 Å². The van der Waals surface area contributed by atoms with Gasteiger partial charge in [-0.2, -0.15) is 0 Å². The van der Waals surface area contributed by atoms with Crippen LogP contribution in [-0.2, 0) is 46.3 Å². The van der Waals surface area contributed by atoms with Crippen LogP contribution in [-0.4, -0.2) is 122 Å². The van der Waals surface area contributed by atoms with Gasteiger partial charge in [0.25, 0.3) is 0 Å². The third-order valence-electron chi connectivity index (χ3n) is 13.1. The summed E-state index contributed by atoms with van der Waals surface area (Å²) in [5.74, 6) is 4.40. The number of fused-ring (bicyclic) bond motifs is 2. The predicted octanol–water partition coefficient (Wildman–Crippen LogP) is 2.73. The van der Waals surface area contributed by atoms with Crippen LogP contribution in [0.1, 0.15) is 119 Å². The summed E-state index contributed by atoms with van der Waals surface area (Å²) in [5.41, 5.74) is 4.73. The summed E-state index contributed by atoms with van der Waals surface area (Å²) in [7, 11) is 3.32. The second-order valence-electron chi connectivity index (χ2n) is 17.6. The summed E-state index contributed by atoms with van der Waals surface area (Å²) in [6, 6.07) is 12.3. The highest BCUT2D eigenvalue weighted by molar-refractivity contribution is 5.94. The predicted molar refractivity (Wildman–Crippen MR) is 243 cm³/mol. The number of nitrogens with zero attached hydrogens (tertiary/aromatic N) is 2. The fraction of sp³-hybridized carbons (Fsp3) is 0.592. The van der Waals surface area contributed by atoms with Gasteiger partial charge >= 0.3 is 0 Å². The van der Waals surface area contributed by atoms with Crippen LogP contribution in [0.15, 0.2) is 48.5 Å². The molecule has 2 aliphatic carbocycles. The van der Waals surface area contributed by atoms with Gasteiger partial charge in [-0.25, -0.2) is 0 Å². The van der Waals surface area contributed by atoms with Crippen molar-refractivity contribution in [1.82, 2.24) is 41.7 Å². The van der Waals surface area contributed by atoms with E-state index in [2.05, 4.69) is 68.0 Å². The number of nitrogens with one attached hydrogen (secondary N) is 6. The first-order valence-corrected chi connectivity index (χ1v) is 23.4. The number of amides is 6. The molecule has 6 amide bonds. The van der Waals surface area contributed by atoms with Gasteiger partial charge in [-0.3, -0.25) is 28.8 Å². The normalized spacial score (nSPS) is 22.1. The van der Waals surface area contributed by atoms with E-state index in [1.807, 2.05) is 24.3 Å². The number of carbonyl (C=O) groups is 6. The molecule has 64 heavy (non-hydrogen) atoms. The Morgan fingerprint density at radius 1 is 0.719 bits per heavy atom. The first kappa shape index (κ1) is 48.2. The smallest absolute Gasteiger partial charge is 0.248 e. The summed E-state index contributed by atoms with van der Waals surface area (Å²) >= 11 is 0. The van der Waals surface area contributed by atoms with E-state index in [1.54, 1.807) is 37.7 Å². The molecule has 15 nitrogen and oxygen atoms in total. The molecule has 2 aromatic rings. The Bertz CT molecular complexity index is 2030. The van der Waals surface area contributed by atoms with Crippen molar-refractivity contribution in [2.24, 2.45) is 0 Å². The minimum Gasteiger partial charge on any atom is -0.376 e. The first-order valence-electron chi connectivity index (χ1n) is 23.4. The van der Waals surface area contributed by atoms with Gasteiger partial charge in [-0.15, -0.1) is 11.8 Å². The summed E-state index contributed by atoms with van der Waals surface area (Å²) in [5, 5.41) is 17.9. The van der Waals surface area contributed by atoms with Crippen LogP contribution in [0.3, 0.4) is 0 Å². The van der Waals surface area contributed by atoms with Crippen LogP contribution >= 0.6 is 0 Å². The summed E-state index contributed by atoms with van der Waals surface area (Å²) in [4.78, 5) is 84.8. The maximum atomic E-state index is 14.3. The zero-order chi connectivity index (χ0) is 45.6. The Hall–Kier alpha value is -5.30. The molecular formula is C49H68N8O7. The molecule has 0 unspecified atom stereocenters. The number of unbranched alkanes of at least 4 members (excludes halogenated alkanes) is 1. The van der Waals surface area contributed by atoms with Crippen LogP contribution in [0.2, 0.25) is 0 Å². The second-order valence-corrected chi connectivity index (χ2v) is 17.6. The largest absolute Gasteiger partial charge is 0.376 e. The molecule has 0 bridgehead atoms. The van der Waals surface area contributed by atoms with Crippen molar-refractivity contribution in [2.45, 2.75) is 146 Å². The van der Waals surface area contributed by atoms with Crippen molar-refractivity contribution < 1.29 is 33.5 Å². The molecule has 4 aliphatic rings. The average molecular weight is 881 g/mol. The summed E-state index contributed by atoms with van der Waals surface area (Å²) in [6.45, 7) is 4.52. The van der Waals surface area contributed by atoms with Gasteiger partial charge in [-0.1, -0.05) is 48.5 Å². The average Bonchev–Trinajstić information content (AvgIpc) is 4.01. The van der Waals surface area contributed by atoms with Crippen LogP contribution in [0.25, 0.3) is 0 Å². The minimum absolute atomic E-state index is 0.0245. The van der Waals surface area contributed by atoms with Crippen molar-refractivity contribution in [3.8, 4) is 11.8 Å². The molecule has 2 heterocycles. The van der Waals surface area contributed by atoms with Gasteiger partial charge in [0.1, 0.15) is 24.2 Å². The Kier molecular flexibility index (Phi) is 17.7. The molecule has 8 atom stereocenters. The maximum Gasteiger partial charge on any atom is 0.248 e. The van der Waals surface area contributed by atoms with Crippen LogP contribution < -0.4 is 31.9 Å². The van der Waals surface area contributed by atoms with E-state index in [0.29, 0.717) is 51.6 Å². The quantitative estimate of drug-likeness (QED) is 0.0967. The number of aryl methyl sites for hydroxylation is 2. The SMILES string of the molecule is CNCC(=O)N[C@@H](CC#CCCCO[C@H](C)[C@H](NC(=O)[C@H](C)NC)C(=O)N1CCC[C@H]1C(=O)N[C@@H]1CCCc2ccccc21)C(=O)N1CCC[C@H]1C(=O)N[C@@H]1CCCc2ccccc21. The van der Waals surface area contributed by atoms with E-state index < -0.39 is 36.3 Å². The summed E-state index contributed by atoms with van der Waals surface area (Å²) in [6.07, 6.45) is 8.27. The zero-order valence-electron chi connectivity index (χ0n) is 38.0. The maximum absolute atomic E-state index is 14.3. The van der Waals surface area contributed by atoms with E-state index in [1.165, 1.54) is 11.1 Å². The van der Waals surface area contributed by atoms with Crippen molar-refractivity contribution >= 4 is 35.4 Å². The highest BCUT2D eigenvalue weighted by Crippen LogP contribution is 2.32. The third kappa shape index (κ3) is 12.3. The van der Waals surface area contributed by atoms with Crippen LogP contribution in [0, 0.1) is 11.8 Å². The number of carbonyl (C=O) groups excluding carboxylic acids is 6. The van der Waals surface area contributed by atoms with Crippen LogP contribution in [0.4, 0.5) is 0 Å². The molecule has 2 saturated heterocycles. The Morgan fingerprint density at radius 2 is 1.28 bits per heavy atom. The topological polar surface area (TPSA) is 190 Å². The van der Waals surface area contributed by atoms with Gasteiger partial charge in [0.05, 0.1) is 30.8 Å². The molecule has 2 aromatic carbocycles. The Morgan fingerprint density at radius 3 is 1.84 bits per heavy atom. The zero-order valence-corrected chi connectivity index (χ0v) is 38.0. The number of ether oxygens (including phenoxy) is 1. The molecule has 6 rings (SSSR count). The lowest BCUT2D eigenvalue weighted by atomic mass is 9.87. The lowest BCUT2D eigenvalue weighted by molar-refractivity contribution is -0.145. The molecule has 15 heteroatoms. The highest BCUT2D eigenvalue weighted by atomic mass is 16.5. The summed E-state index contributed by atoms with van der Waals surface area (Å²) < 4.78 is 6.16. The van der Waals surface area contributed by atoms with Gasteiger partial charge in [-0.05, 0) is 121 Å². The van der Waals surface area contributed by atoms with E-state index in [4.69, 9.17) is 4.74 Å². The molecule has 6 N–H and O–H groups in total. The molecule has 346 valence electrons. The molecule has 2 aliphatic heterocycles. The fourth-order valence-electron chi connectivity index (χ4n) is 9.51. The van der Waals surface area contributed by atoms with Crippen molar-refractivity contribution in [1.29, 1.82) is 0 Å². The van der Waals surface area contributed by atoms with Gasteiger partial charge in [0, 0.05) is 32.5 Å². The number of likely N-dealkylation sites (tertiary alicyclic amines) is 2. The third-order valence-corrected chi connectivity index (χ3v) is 13.1. The van der Waals surface area contributed by atoms with Gasteiger partial charge < -0.3 is 46.4 Å². The van der Waals surface area contributed by atoms with E-state index in [0.717, 1.165) is 49.7 Å². The van der Waals surface area contributed by atoms with Gasteiger partial charge in [0.2, 0.25) is 35.4 Å². The molecule has 0 spiro atoms. The van der Waals surface area contributed by atoms with Gasteiger partial charge in [0.15, 0.2) is 0 Å². The standard InChI is InChI=1S/C49H68N8O7/c1-32(51-4)45(59)55-44(49(63)57-29-16-27-42(57)47(61)54-39-25-14-20-35-18-9-11-22-37(35)39)33(2)64-30-12-6-5-7-23-40(52-43(58)31-50-3)48(62)56-28-15-26-41(56)46(60)53-38-24-13-19-34-17-8-10-21-36(34)38/h8-11,17-18,21-22,32-33,38-42,44,50-51H,6,12-16,19-20,23-31H2,1-4H3,(H,52,58)(H,53,60)(H,54,61)(H,55,59)/t32-,33+,38+,39+,40-,41-,42-,44-/m0/s1. The van der Waals surface area contributed by atoms with E-state index in [9.17, 15) is 28.8 Å². The van der Waals surface area contributed by atoms with Crippen molar-refractivity contribution in [3.63, 3.8) is 0 Å². The molecule has 2 fully saturated rings. The number of hydrogen-bond acceptors (Lipinski definition) is 9. The van der Waals surface area contributed by atoms with Crippen molar-refractivity contribution in [2.75, 3.05) is 40.3 Å². The minimum atomic E-state index is -1.03. The van der Waals surface area contributed by atoms with E-state index >= 15 is 0 Å². The van der Waals surface area contributed by atoms with E-state index in [-0.39, 0.29) is 67.1 Å². The molecule has 0 radical (unpaired) electrons. The molecule has 0 aromatic heterocycles. The number of likely N-dealkylation sites (N-methyl/N-ethyl adjacent to an activating group) is 2. The monoisotopic (exact) mass is 881 g/mol. The number of benzene rings is 2. The Balaban J connectivity index is 1.03. The first-order chi connectivity index (χ1) is 31.0. The lowest BCUT2D eigenvalue weighted by Crippen LogP contribution is -2.59. The number of rotatable bonds is 18. The van der Waals surface area contributed by atoms with Crippen LogP contribution in [0.5, 0.6) is 0 Å². The molecule has 0 saturated carbocycles. The Labute approximate surface area is 378 Å². The molecular weight excluding hydrogens is 813 g/mol. The number of hydrogen-bond donors (Lipinski definition) is 6. The fourth-order valence-corrected chi connectivity index (χ4v) is 9.51. The second kappa shape index (κ2) is 23.6. The highest BCUT2D eigenvalue weighted by Gasteiger charge is 2.42.